The van der Waals surface area contributed by atoms with Crippen LogP contribution in [0.15, 0.2) is 36.4 Å². The quantitative estimate of drug-likeness (QED) is 0.660. The summed E-state index contributed by atoms with van der Waals surface area (Å²) in [6.45, 7) is 9.60. The van der Waals surface area contributed by atoms with Gasteiger partial charge in [0.15, 0.2) is 5.13 Å². The van der Waals surface area contributed by atoms with E-state index in [0.29, 0.717) is 6.42 Å². The van der Waals surface area contributed by atoms with Crippen molar-refractivity contribution in [3.05, 3.63) is 58.7 Å². The van der Waals surface area contributed by atoms with Crippen LogP contribution in [0.1, 0.15) is 29.2 Å². The third kappa shape index (κ3) is 3.76. The summed E-state index contributed by atoms with van der Waals surface area (Å²) in [7, 11) is 0. The van der Waals surface area contributed by atoms with Gasteiger partial charge < -0.3 is 9.80 Å². The Morgan fingerprint density at radius 1 is 1.07 bits per heavy atom. The fourth-order valence-corrected chi connectivity index (χ4v) is 4.83. The van der Waals surface area contributed by atoms with Gasteiger partial charge in [0.1, 0.15) is 0 Å². The zero-order valence-electron chi connectivity index (χ0n) is 16.9. The highest BCUT2D eigenvalue weighted by Crippen LogP contribution is 2.31. The van der Waals surface area contributed by atoms with E-state index in [4.69, 9.17) is 4.98 Å². The predicted octanol–water partition coefficient (Wildman–Crippen LogP) is 4.37. The zero-order chi connectivity index (χ0) is 19.7. The number of amides is 1. The summed E-state index contributed by atoms with van der Waals surface area (Å²) in [6.07, 6.45) is 1.49. The van der Waals surface area contributed by atoms with Gasteiger partial charge in [-0.05, 0) is 48.6 Å². The van der Waals surface area contributed by atoms with Crippen LogP contribution in [0.2, 0.25) is 0 Å². The van der Waals surface area contributed by atoms with Crippen molar-refractivity contribution in [2.75, 3.05) is 31.1 Å². The lowest BCUT2D eigenvalue weighted by atomic mass is 10.0. The topological polar surface area (TPSA) is 36.4 Å². The molecule has 0 spiro atoms. The van der Waals surface area contributed by atoms with Crippen LogP contribution in [0, 0.1) is 13.8 Å². The molecule has 1 aromatic heterocycles. The summed E-state index contributed by atoms with van der Waals surface area (Å²) in [5, 5.41) is 1.08. The average Bonchev–Trinajstić information content (AvgIpc) is 3.15. The van der Waals surface area contributed by atoms with Crippen LogP contribution in [0.4, 0.5) is 5.13 Å². The van der Waals surface area contributed by atoms with Gasteiger partial charge in [-0.1, -0.05) is 48.6 Å². The van der Waals surface area contributed by atoms with Gasteiger partial charge in [-0.15, -0.1) is 0 Å². The van der Waals surface area contributed by atoms with E-state index >= 15 is 0 Å². The monoisotopic (exact) mass is 393 g/mol. The normalized spacial score (nSPS) is 14.7. The van der Waals surface area contributed by atoms with Crippen LogP contribution in [-0.4, -0.2) is 42.0 Å². The Morgan fingerprint density at radius 3 is 2.57 bits per heavy atom. The van der Waals surface area contributed by atoms with E-state index in [0.717, 1.165) is 48.8 Å². The standard InChI is InChI=1S/C23H27N3OS/c1-4-19-6-5-7-20-22(19)24-23(28-20)26-12-10-25(11-13-26)21(27)15-18-9-8-16(2)17(3)14-18/h5-9,14H,4,10-13,15H2,1-3H3. The molecule has 0 saturated carbocycles. The van der Waals surface area contributed by atoms with E-state index < -0.39 is 0 Å². The maximum atomic E-state index is 12.7. The number of benzene rings is 2. The van der Waals surface area contributed by atoms with Crippen LogP contribution < -0.4 is 4.90 Å². The van der Waals surface area contributed by atoms with Gasteiger partial charge in [-0.2, -0.15) is 0 Å². The largest absolute Gasteiger partial charge is 0.345 e. The molecule has 0 N–H and O–H groups in total. The van der Waals surface area contributed by atoms with Gasteiger partial charge in [0, 0.05) is 26.2 Å². The van der Waals surface area contributed by atoms with E-state index in [1.165, 1.54) is 21.4 Å². The number of nitrogens with zero attached hydrogens (tertiary/aromatic N) is 3. The molecule has 0 atom stereocenters. The van der Waals surface area contributed by atoms with Gasteiger partial charge in [0.05, 0.1) is 16.6 Å². The van der Waals surface area contributed by atoms with Crippen molar-refractivity contribution in [1.82, 2.24) is 9.88 Å². The SMILES string of the molecule is CCc1cccc2sc(N3CCN(C(=O)Cc4ccc(C)c(C)c4)CC3)nc12. The second-order valence-corrected chi connectivity index (χ2v) is 8.59. The van der Waals surface area contributed by atoms with Crippen molar-refractivity contribution in [2.45, 2.75) is 33.6 Å². The number of hydrogen-bond donors (Lipinski definition) is 0. The number of anilines is 1. The molecule has 2 aromatic carbocycles. The molecule has 2 heterocycles. The van der Waals surface area contributed by atoms with E-state index in [1.54, 1.807) is 11.3 Å². The van der Waals surface area contributed by atoms with Crippen LogP contribution in [0.5, 0.6) is 0 Å². The molecule has 1 aliphatic rings. The van der Waals surface area contributed by atoms with Gasteiger partial charge in [-0.25, -0.2) is 4.98 Å². The molecule has 4 rings (SSSR count). The van der Waals surface area contributed by atoms with Crippen molar-refractivity contribution in [2.24, 2.45) is 0 Å². The number of aryl methyl sites for hydroxylation is 3. The Kier molecular flexibility index (Phi) is 5.36. The van der Waals surface area contributed by atoms with Gasteiger partial charge in [-0.3, -0.25) is 4.79 Å². The maximum Gasteiger partial charge on any atom is 0.227 e. The summed E-state index contributed by atoms with van der Waals surface area (Å²) in [4.78, 5) is 21.9. The van der Waals surface area contributed by atoms with Crippen LogP contribution >= 0.6 is 11.3 Å². The molecule has 146 valence electrons. The molecule has 3 aromatic rings. The second kappa shape index (κ2) is 7.92. The smallest absolute Gasteiger partial charge is 0.227 e. The Bertz CT molecular complexity index is 1000. The molecule has 0 unspecified atom stereocenters. The molecular formula is C23H27N3OS. The molecule has 1 fully saturated rings. The number of para-hydroxylation sites is 1. The Balaban J connectivity index is 1.40. The number of rotatable bonds is 4. The lowest BCUT2D eigenvalue weighted by Crippen LogP contribution is -2.49. The second-order valence-electron chi connectivity index (χ2n) is 7.58. The molecule has 28 heavy (non-hydrogen) atoms. The summed E-state index contributed by atoms with van der Waals surface area (Å²) >= 11 is 1.76. The van der Waals surface area contributed by atoms with Gasteiger partial charge in [0.2, 0.25) is 5.91 Å². The maximum absolute atomic E-state index is 12.7. The number of thiazole rings is 1. The summed E-state index contributed by atoms with van der Waals surface area (Å²) < 4.78 is 1.25. The Hall–Kier alpha value is -2.40. The van der Waals surface area contributed by atoms with E-state index in [-0.39, 0.29) is 5.91 Å². The van der Waals surface area contributed by atoms with Crippen molar-refractivity contribution >= 4 is 32.6 Å². The van der Waals surface area contributed by atoms with E-state index in [9.17, 15) is 4.79 Å². The van der Waals surface area contributed by atoms with Gasteiger partial charge in [0.25, 0.3) is 0 Å². The fraction of sp³-hybridized carbons (Fsp3) is 0.391. The Labute approximate surface area is 170 Å². The summed E-state index contributed by atoms with van der Waals surface area (Å²) in [5.74, 6) is 0.223. The number of fused-ring (bicyclic) bond motifs is 1. The number of aromatic nitrogens is 1. The van der Waals surface area contributed by atoms with Crippen molar-refractivity contribution < 1.29 is 4.79 Å². The summed E-state index contributed by atoms with van der Waals surface area (Å²) in [6, 6.07) is 12.7. The van der Waals surface area contributed by atoms with E-state index in [1.807, 2.05) is 4.90 Å². The molecule has 4 nitrogen and oxygen atoms in total. The summed E-state index contributed by atoms with van der Waals surface area (Å²) in [5.41, 5.74) is 6.07. The molecule has 1 amide bonds. The predicted molar refractivity (Wildman–Crippen MR) is 117 cm³/mol. The van der Waals surface area contributed by atoms with Gasteiger partial charge >= 0.3 is 0 Å². The number of carbonyl (C=O) groups excluding carboxylic acids is 1. The number of hydrogen-bond acceptors (Lipinski definition) is 4. The lowest BCUT2D eigenvalue weighted by Gasteiger charge is -2.34. The van der Waals surface area contributed by atoms with Crippen LogP contribution in [0.25, 0.3) is 10.2 Å². The minimum atomic E-state index is 0.223. The van der Waals surface area contributed by atoms with Crippen LogP contribution in [-0.2, 0) is 17.6 Å². The van der Waals surface area contributed by atoms with Crippen molar-refractivity contribution in [3.63, 3.8) is 0 Å². The van der Waals surface area contributed by atoms with Crippen LogP contribution in [0.3, 0.4) is 0 Å². The number of carbonyl (C=O) groups is 1. The first-order valence-electron chi connectivity index (χ1n) is 10.0. The minimum absolute atomic E-state index is 0.223. The van der Waals surface area contributed by atoms with Crippen molar-refractivity contribution in [1.29, 1.82) is 0 Å². The Morgan fingerprint density at radius 2 is 1.86 bits per heavy atom. The van der Waals surface area contributed by atoms with E-state index in [2.05, 4.69) is 62.1 Å². The number of piperazine rings is 1. The zero-order valence-corrected chi connectivity index (χ0v) is 17.7. The molecule has 0 radical (unpaired) electrons. The first-order chi connectivity index (χ1) is 13.5. The highest BCUT2D eigenvalue weighted by molar-refractivity contribution is 7.22. The molecule has 0 bridgehead atoms. The lowest BCUT2D eigenvalue weighted by molar-refractivity contribution is -0.130. The highest BCUT2D eigenvalue weighted by Gasteiger charge is 2.23. The first kappa shape index (κ1) is 18.9. The molecule has 0 aliphatic carbocycles. The third-order valence-corrected chi connectivity index (χ3v) is 6.78. The molecule has 1 saturated heterocycles. The highest BCUT2D eigenvalue weighted by atomic mass is 32.1. The molecule has 5 heteroatoms. The third-order valence-electron chi connectivity index (χ3n) is 5.70. The first-order valence-corrected chi connectivity index (χ1v) is 10.8. The fourth-order valence-electron chi connectivity index (χ4n) is 3.76. The molecular weight excluding hydrogens is 366 g/mol. The average molecular weight is 394 g/mol. The van der Waals surface area contributed by atoms with Crippen molar-refractivity contribution in [3.8, 4) is 0 Å². The minimum Gasteiger partial charge on any atom is -0.345 e. The molecule has 1 aliphatic heterocycles.